The smallest absolute Gasteiger partial charge is 0.304 e. The molecule has 4 nitrogen and oxygen atoms in total. The highest BCUT2D eigenvalue weighted by atomic mass is 16.4. The minimum absolute atomic E-state index is 0.0307. The molecule has 0 unspecified atom stereocenters. The van der Waals surface area contributed by atoms with Crippen molar-refractivity contribution in [2.24, 2.45) is 5.41 Å². The maximum atomic E-state index is 10.1. The Morgan fingerprint density at radius 2 is 2.30 bits per heavy atom. The van der Waals surface area contributed by atoms with E-state index in [0.717, 1.165) is 0 Å². The van der Waals surface area contributed by atoms with E-state index in [1.807, 2.05) is 0 Å². The van der Waals surface area contributed by atoms with Gasteiger partial charge in [0.15, 0.2) is 0 Å². The molecule has 0 aliphatic rings. The third kappa shape index (κ3) is 3.80. The van der Waals surface area contributed by atoms with Crippen molar-refractivity contribution in [1.29, 1.82) is 0 Å². The first-order chi connectivity index (χ1) is 4.48. The minimum Gasteiger partial charge on any atom is -0.481 e. The van der Waals surface area contributed by atoms with Crippen LogP contribution in [0.4, 0.5) is 0 Å². The third-order valence-corrected chi connectivity index (χ3v) is 1.01. The lowest BCUT2D eigenvalue weighted by atomic mass is 9.91. The molecule has 0 aromatic carbocycles. The molecule has 0 aliphatic carbocycles. The molecule has 0 aliphatic heterocycles. The van der Waals surface area contributed by atoms with Crippen LogP contribution >= 0.6 is 0 Å². The number of carbonyl (C=O) groups is 1. The average Bonchev–Trinajstić information content (AvgIpc) is 1.59. The monoisotopic (exact) mass is 142 g/mol. The van der Waals surface area contributed by atoms with E-state index in [-0.39, 0.29) is 6.42 Å². The predicted molar refractivity (Wildman–Crippen MR) is 35.7 cm³/mol. The summed E-state index contributed by atoms with van der Waals surface area (Å²) in [6, 6.07) is 0. The van der Waals surface area contributed by atoms with Gasteiger partial charge in [-0.3, -0.25) is 4.79 Å². The van der Waals surface area contributed by atoms with Crippen LogP contribution in [0.25, 0.3) is 5.53 Å². The zero-order valence-electron chi connectivity index (χ0n) is 6.03. The first-order valence-corrected chi connectivity index (χ1v) is 2.88. The van der Waals surface area contributed by atoms with Crippen LogP contribution in [0.15, 0.2) is 0 Å². The molecule has 0 heterocycles. The largest absolute Gasteiger partial charge is 0.481 e. The van der Waals surface area contributed by atoms with E-state index in [4.69, 9.17) is 10.6 Å². The van der Waals surface area contributed by atoms with Crippen molar-refractivity contribution in [3.63, 3.8) is 0 Å². The van der Waals surface area contributed by atoms with Crippen LogP contribution in [0.5, 0.6) is 0 Å². The molecule has 0 bridgehead atoms. The first-order valence-electron chi connectivity index (χ1n) is 2.88. The van der Waals surface area contributed by atoms with Crippen LogP contribution in [0.3, 0.4) is 0 Å². The summed E-state index contributed by atoms with van der Waals surface area (Å²) in [5.74, 6) is -0.898. The number of aliphatic carboxylic acids is 1. The lowest BCUT2D eigenvalue weighted by molar-refractivity contribution is -0.138. The highest BCUT2D eigenvalue weighted by Gasteiger charge is 2.23. The molecule has 0 radical (unpaired) electrons. The van der Waals surface area contributed by atoms with Crippen LogP contribution < -0.4 is 0 Å². The van der Waals surface area contributed by atoms with Crippen molar-refractivity contribution in [2.75, 3.05) is 0 Å². The van der Waals surface area contributed by atoms with E-state index >= 15 is 0 Å². The van der Waals surface area contributed by atoms with Crippen molar-refractivity contribution in [3.8, 4) is 0 Å². The minimum atomic E-state index is -0.898. The van der Waals surface area contributed by atoms with Crippen LogP contribution in [0, 0.1) is 5.41 Å². The fourth-order valence-corrected chi connectivity index (χ4v) is 0.592. The van der Waals surface area contributed by atoms with Crippen molar-refractivity contribution in [3.05, 3.63) is 5.53 Å². The highest BCUT2D eigenvalue weighted by Crippen LogP contribution is 2.15. The second-order valence-corrected chi connectivity index (χ2v) is 2.80. The molecular weight excluding hydrogens is 132 g/mol. The normalized spacial score (nSPS) is 10.2. The Morgan fingerprint density at radius 3 is 2.60 bits per heavy atom. The molecule has 0 atom stereocenters. The molecule has 0 aromatic rings. The fraction of sp³-hybridized carbons (Fsp3) is 0.667. The Morgan fingerprint density at radius 1 is 1.80 bits per heavy atom. The number of rotatable bonds is 3. The van der Waals surface area contributed by atoms with E-state index in [2.05, 4.69) is 4.79 Å². The average molecular weight is 142 g/mol. The second-order valence-electron chi connectivity index (χ2n) is 2.80. The van der Waals surface area contributed by atoms with Crippen molar-refractivity contribution >= 4 is 12.2 Å². The van der Waals surface area contributed by atoms with Crippen molar-refractivity contribution in [2.45, 2.75) is 20.3 Å². The third-order valence-electron chi connectivity index (χ3n) is 1.01. The molecule has 0 spiro atoms. The summed E-state index contributed by atoms with van der Waals surface area (Å²) >= 11 is 0. The van der Waals surface area contributed by atoms with Crippen LogP contribution in [-0.4, -0.2) is 22.1 Å². The molecule has 0 amide bonds. The molecule has 1 N–H and O–H groups in total. The Bertz CT molecular complexity index is 180. The maximum absolute atomic E-state index is 10.1. The van der Waals surface area contributed by atoms with Crippen LogP contribution in [-0.2, 0) is 4.79 Å². The molecule has 10 heavy (non-hydrogen) atoms. The summed E-state index contributed by atoms with van der Waals surface area (Å²) in [4.78, 5) is 12.9. The molecule has 0 aromatic heterocycles. The Hall–Kier alpha value is -1.15. The molecular formula is C6H10N2O2. The van der Waals surface area contributed by atoms with Gasteiger partial charge in [0.25, 0.3) is 6.21 Å². The van der Waals surface area contributed by atoms with E-state index in [9.17, 15) is 4.79 Å². The zero-order valence-corrected chi connectivity index (χ0v) is 6.03. The van der Waals surface area contributed by atoms with Gasteiger partial charge in [-0.15, -0.1) is 0 Å². The molecule has 0 saturated carbocycles. The highest BCUT2D eigenvalue weighted by molar-refractivity contribution is 5.73. The standard InChI is InChI=1S/C6H10N2O2/c1-6(2,4-8-7)3-5(9)10/h4H,3H2,1-2H3,(H,9,10). The van der Waals surface area contributed by atoms with Gasteiger partial charge in [-0.1, -0.05) is 0 Å². The number of carboxylic acid groups (broad SMARTS) is 1. The van der Waals surface area contributed by atoms with Gasteiger partial charge in [0.1, 0.15) is 0 Å². The summed E-state index contributed by atoms with van der Waals surface area (Å²) in [6.07, 6.45) is 1.18. The summed E-state index contributed by atoms with van der Waals surface area (Å²) in [7, 11) is 0. The number of hydrogen-bond donors (Lipinski definition) is 1. The van der Waals surface area contributed by atoms with Gasteiger partial charge in [0, 0.05) is 0 Å². The zero-order chi connectivity index (χ0) is 8.20. The summed E-state index contributed by atoms with van der Waals surface area (Å²) in [5, 5.41) is 8.33. The van der Waals surface area contributed by atoms with Gasteiger partial charge in [-0.05, 0) is 13.8 Å². The maximum Gasteiger partial charge on any atom is 0.304 e. The first kappa shape index (κ1) is 8.85. The van der Waals surface area contributed by atoms with Crippen LogP contribution in [0.2, 0.25) is 0 Å². The number of hydrogen-bond acceptors (Lipinski definition) is 1. The van der Waals surface area contributed by atoms with E-state index < -0.39 is 11.4 Å². The van der Waals surface area contributed by atoms with Gasteiger partial charge in [-0.2, -0.15) is 4.79 Å². The molecule has 56 valence electrons. The van der Waals surface area contributed by atoms with Crippen LogP contribution in [0.1, 0.15) is 20.3 Å². The van der Waals surface area contributed by atoms with Gasteiger partial charge in [0.05, 0.1) is 11.8 Å². The predicted octanol–water partition coefficient (Wildman–Crippen LogP) is 0.788. The quantitative estimate of drug-likeness (QED) is 0.359. The SMILES string of the molecule is CC(C)(C=[N+]=[N-])CC(=O)O. The van der Waals surface area contributed by atoms with Gasteiger partial charge < -0.3 is 10.6 Å². The van der Waals surface area contributed by atoms with Gasteiger partial charge in [-0.25, -0.2) is 0 Å². The topological polar surface area (TPSA) is 73.7 Å². The van der Waals surface area contributed by atoms with E-state index in [0.29, 0.717) is 0 Å². The molecule has 0 saturated heterocycles. The molecule has 0 rings (SSSR count). The lowest BCUT2D eigenvalue weighted by Gasteiger charge is -2.08. The van der Waals surface area contributed by atoms with Crippen molar-refractivity contribution < 1.29 is 14.7 Å². The van der Waals surface area contributed by atoms with E-state index in [1.165, 1.54) is 6.21 Å². The Balaban J connectivity index is 4.12. The molecule has 0 fully saturated rings. The second kappa shape index (κ2) is 3.13. The van der Waals surface area contributed by atoms with E-state index in [1.54, 1.807) is 13.8 Å². The van der Waals surface area contributed by atoms with Gasteiger partial charge >= 0.3 is 5.97 Å². The van der Waals surface area contributed by atoms with Gasteiger partial charge in [0.2, 0.25) is 0 Å². The lowest BCUT2D eigenvalue weighted by Crippen LogP contribution is -2.18. The summed E-state index contributed by atoms with van der Waals surface area (Å²) in [6.45, 7) is 3.36. The Labute approximate surface area is 59.1 Å². The fourth-order valence-electron chi connectivity index (χ4n) is 0.592. The summed E-state index contributed by atoms with van der Waals surface area (Å²) < 4.78 is 0. The molecule has 4 heteroatoms. The number of carboxylic acids is 1. The Kier molecular flexibility index (Phi) is 2.77. The van der Waals surface area contributed by atoms with Crippen molar-refractivity contribution in [1.82, 2.24) is 0 Å². The summed E-state index contributed by atoms with van der Waals surface area (Å²) in [5.41, 5.74) is 7.52. The number of nitrogens with zero attached hydrogens (tertiary/aromatic N) is 2.